The van der Waals surface area contributed by atoms with E-state index in [0.717, 1.165) is 12.1 Å². The lowest BCUT2D eigenvalue weighted by atomic mass is 10.1. The Labute approximate surface area is 117 Å². The molecule has 0 amide bonds. The molecule has 1 aromatic carbocycles. The summed E-state index contributed by atoms with van der Waals surface area (Å²) in [7, 11) is 0. The van der Waals surface area contributed by atoms with E-state index in [9.17, 15) is 18.0 Å². The van der Waals surface area contributed by atoms with E-state index in [1.165, 1.54) is 18.2 Å². The molecule has 8 heteroatoms. The summed E-state index contributed by atoms with van der Waals surface area (Å²) >= 11 is 0. The summed E-state index contributed by atoms with van der Waals surface area (Å²) < 4.78 is 49.5. The van der Waals surface area contributed by atoms with E-state index in [1.54, 1.807) is 6.92 Å². The highest BCUT2D eigenvalue weighted by Gasteiger charge is 2.31. The van der Waals surface area contributed by atoms with E-state index in [2.05, 4.69) is 9.89 Å². The number of carbonyl (C=O) groups is 1. The first-order valence-electron chi connectivity index (χ1n) is 5.89. The van der Waals surface area contributed by atoms with Crippen molar-refractivity contribution in [3.05, 3.63) is 36.0 Å². The van der Waals surface area contributed by atoms with Crippen LogP contribution in [0.25, 0.3) is 11.3 Å². The van der Waals surface area contributed by atoms with Crippen LogP contribution in [0.2, 0.25) is 0 Å². The lowest BCUT2D eigenvalue weighted by molar-refractivity contribution is -0.274. The second-order valence-electron chi connectivity index (χ2n) is 3.87. The van der Waals surface area contributed by atoms with E-state index in [1.807, 2.05) is 0 Å². The van der Waals surface area contributed by atoms with Gasteiger partial charge in [-0.15, -0.1) is 13.2 Å². The molecule has 0 radical (unpaired) electrons. The van der Waals surface area contributed by atoms with Crippen molar-refractivity contribution in [3.8, 4) is 17.1 Å². The van der Waals surface area contributed by atoms with Crippen LogP contribution in [0, 0.1) is 0 Å². The first-order chi connectivity index (χ1) is 9.89. The highest BCUT2D eigenvalue weighted by Crippen LogP contribution is 2.26. The van der Waals surface area contributed by atoms with Gasteiger partial charge in [-0.1, -0.05) is 5.16 Å². The van der Waals surface area contributed by atoms with Gasteiger partial charge in [-0.3, -0.25) is 0 Å². The number of esters is 1. The molecule has 21 heavy (non-hydrogen) atoms. The van der Waals surface area contributed by atoms with Gasteiger partial charge < -0.3 is 14.0 Å². The average molecular weight is 301 g/mol. The van der Waals surface area contributed by atoms with Crippen molar-refractivity contribution in [1.29, 1.82) is 0 Å². The Kier molecular flexibility index (Phi) is 4.15. The fourth-order valence-corrected chi connectivity index (χ4v) is 1.53. The Balaban J connectivity index is 2.14. The normalized spacial score (nSPS) is 11.2. The molecule has 0 aliphatic carbocycles. The topological polar surface area (TPSA) is 61.6 Å². The Bertz CT molecular complexity index is 619. The zero-order valence-corrected chi connectivity index (χ0v) is 10.8. The summed E-state index contributed by atoms with van der Waals surface area (Å²) in [6.07, 6.45) is -4.75. The highest BCUT2D eigenvalue weighted by atomic mass is 19.4. The molecule has 0 unspecified atom stereocenters. The summed E-state index contributed by atoms with van der Waals surface area (Å²) in [6.45, 7) is 1.85. The summed E-state index contributed by atoms with van der Waals surface area (Å²) in [4.78, 5) is 11.4. The van der Waals surface area contributed by atoms with Crippen LogP contribution in [-0.4, -0.2) is 24.1 Å². The maximum Gasteiger partial charge on any atom is 0.573 e. The van der Waals surface area contributed by atoms with Crippen molar-refractivity contribution in [3.63, 3.8) is 0 Å². The average Bonchev–Trinajstić information content (AvgIpc) is 2.87. The van der Waals surface area contributed by atoms with Crippen molar-refractivity contribution < 1.29 is 32.0 Å². The molecular weight excluding hydrogens is 291 g/mol. The fourth-order valence-electron chi connectivity index (χ4n) is 1.53. The predicted molar refractivity (Wildman–Crippen MR) is 64.6 cm³/mol. The zero-order chi connectivity index (χ0) is 15.5. The van der Waals surface area contributed by atoms with Gasteiger partial charge in [-0.2, -0.15) is 0 Å². The predicted octanol–water partition coefficient (Wildman–Crippen LogP) is 3.42. The van der Waals surface area contributed by atoms with Gasteiger partial charge >= 0.3 is 12.3 Å². The van der Waals surface area contributed by atoms with E-state index >= 15 is 0 Å². The molecule has 0 saturated carbocycles. The molecule has 112 valence electrons. The number of halogens is 3. The van der Waals surface area contributed by atoms with E-state index in [0.29, 0.717) is 5.56 Å². The molecule has 1 aromatic heterocycles. The van der Waals surface area contributed by atoms with Gasteiger partial charge in [0.05, 0.1) is 6.61 Å². The van der Waals surface area contributed by atoms with Crippen molar-refractivity contribution in [1.82, 2.24) is 5.16 Å². The Morgan fingerprint density at radius 1 is 1.29 bits per heavy atom. The van der Waals surface area contributed by atoms with Gasteiger partial charge in [0, 0.05) is 11.6 Å². The number of hydrogen-bond donors (Lipinski definition) is 0. The third-order valence-corrected chi connectivity index (χ3v) is 2.37. The van der Waals surface area contributed by atoms with Gasteiger partial charge in [-0.25, -0.2) is 4.79 Å². The van der Waals surface area contributed by atoms with E-state index < -0.39 is 12.3 Å². The number of ether oxygens (including phenoxy) is 2. The van der Waals surface area contributed by atoms with Gasteiger partial charge in [0.25, 0.3) is 0 Å². The molecule has 2 rings (SSSR count). The van der Waals surface area contributed by atoms with Crippen LogP contribution in [-0.2, 0) is 4.74 Å². The number of hydrogen-bond acceptors (Lipinski definition) is 5. The van der Waals surface area contributed by atoms with Gasteiger partial charge in [-0.05, 0) is 31.2 Å². The smallest absolute Gasteiger partial charge is 0.461 e. The molecular formula is C13H10F3NO4. The highest BCUT2D eigenvalue weighted by molar-refractivity contribution is 5.88. The van der Waals surface area contributed by atoms with Crippen LogP contribution < -0.4 is 4.74 Å². The van der Waals surface area contributed by atoms with Crippen LogP contribution in [0.3, 0.4) is 0 Å². The maximum absolute atomic E-state index is 12.0. The molecule has 5 nitrogen and oxygen atoms in total. The van der Waals surface area contributed by atoms with Gasteiger partial charge in [0.15, 0.2) is 11.5 Å². The monoisotopic (exact) mass is 301 g/mol. The van der Waals surface area contributed by atoms with E-state index in [4.69, 9.17) is 9.26 Å². The second kappa shape index (κ2) is 5.86. The molecule has 0 aliphatic heterocycles. The summed E-state index contributed by atoms with van der Waals surface area (Å²) in [6, 6.07) is 6.33. The quantitative estimate of drug-likeness (QED) is 0.810. The van der Waals surface area contributed by atoms with Crippen LogP contribution in [0.15, 0.2) is 34.9 Å². The molecule has 2 aromatic rings. The standard InChI is InChI=1S/C13H10F3NO4/c1-2-19-12(18)10-7-11(21-17-10)8-3-5-9(6-4-8)20-13(14,15)16/h3-7H,2H2,1H3. The summed E-state index contributed by atoms with van der Waals surface area (Å²) in [5, 5.41) is 3.53. The van der Waals surface area contributed by atoms with E-state index in [-0.39, 0.29) is 23.8 Å². The van der Waals surface area contributed by atoms with Crippen LogP contribution >= 0.6 is 0 Å². The van der Waals surface area contributed by atoms with Crippen LogP contribution in [0.5, 0.6) is 5.75 Å². The lowest BCUT2D eigenvalue weighted by Crippen LogP contribution is -2.16. The number of alkyl halides is 3. The van der Waals surface area contributed by atoms with Gasteiger partial charge in [0.1, 0.15) is 5.75 Å². The zero-order valence-electron chi connectivity index (χ0n) is 10.8. The first-order valence-corrected chi connectivity index (χ1v) is 5.89. The number of nitrogens with zero attached hydrogens (tertiary/aromatic N) is 1. The largest absolute Gasteiger partial charge is 0.573 e. The molecule has 0 aliphatic rings. The number of rotatable bonds is 4. The molecule has 0 spiro atoms. The van der Waals surface area contributed by atoms with Crippen LogP contribution in [0.4, 0.5) is 13.2 Å². The molecule has 0 bridgehead atoms. The Hall–Kier alpha value is -2.51. The molecule has 0 fully saturated rings. The summed E-state index contributed by atoms with van der Waals surface area (Å²) in [5.74, 6) is -0.752. The van der Waals surface area contributed by atoms with Crippen molar-refractivity contribution in [2.75, 3.05) is 6.61 Å². The Morgan fingerprint density at radius 2 is 1.95 bits per heavy atom. The minimum absolute atomic E-state index is 0.0116. The first kappa shape index (κ1) is 14.9. The maximum atomic E-state index is 12.0. The fraction of sp³-hybridized carbons (Fsp3) is 0.231. The lowest BCUT2D eigenvalue weighted by Gasteiger charge is -2.08. The summed E-state index contributed by atoms with van der Waals surface area (Å²) in [5.41, 5.74) is 0.440. The third kappa shape index (κ3) is 3.98. The van der Waals surface area contributed by atoms with Crippen molar-refractivity contribution >= 4 is 5.97 Å². The number of aromatic nitrogens is 1. The van der Waals surface area contributed by atoms with Crippen molar-refractivity contribution in [2.24, 2.45) is 0 Å². The third-order valence-electron chi connectivity index (χ3n) is 2.37. The molecule has 1 heterocycles. The minimum atomic E-state index is -4.75. The molecule has 0 saturated heterocycles. The van der Waals surface area contributed by atoms with Crippen LogP contribution in [0.1, 0.15) is 17.4 Å². The number of benzene rings is 1. The Morgan fingerprint density at radius 3 is 2.52 bits per heavy atom. The van der Waals surface area contributed by atoms with Crippen molar-refractivity contribution in [2.45, 2.75) is 13.3 Å². The SMILES string of the molecule is CCOC(=O)c1cc(-c2ccc(OC(F)(F)F)cc2)on1. The molecule has 0 N–H and O–H groups in total. The minimum Gasteiger partial charge on any atom is -0.461 e. The number of carbonyl (C=O) groups excluding carboxylic acids is 1. The van der Waals surface area contributed by atoms with Gasteiger partial charge in [0.2, 0.25) is 0 Å². The molecule has 0 atom stereocenters. The second-order valence-corrected chi connectivity index (χ2v) is 3.87.